The van der Waals surface area contributed by atoms with Crippen LogP contribution in [0, 0.1) is 0 Å². The normalized spacial score (nSPS) is 11.1. The van der Waals surface area contributed by atoms with Gasteiger partial charge in [-0.25, -0.2) is 8.78 Å². The first-order valence-corrected chi connectivity index (χ1v) is 5.80. The number of hydrogen-bond donors (Lipinski definition) is 1. The van der Waals surface area contributed by atoms with E-state index in [0.29, 0.717) is 6.54 Å². The monoisotopic (exact) mass is 243 g/mol. The average Bonchev–Trinajstić information content (AvgIpc) is 2.34. The lowest BCUT2D eigenvalue weighted by Crippen LogP contribution is -2.15. The molecule has 0 radical (unpaired) electrons. The standard InChI is InChI=1S/C13H19F2NO/c1-17-8-3-2-7-16-10-11-5-4-6-12(9-11)13(14)15/h4-6,9,13,16H,2-3,7-8,10H2,1H3. The summed E-state index contributed by atoms with van der Waals surface area (Å²) in [5.41, 5.74) is 0.984. The number of unbranched alkanes of at least 4 members (excludes halogenated alkanes) is 1. The third-order valence-electron chi connectivity index (χ3n) is 2.48. The summed E-state index contributed by atoms with van der Waals surface area (Å²) in [6.45, 7) is 2.28. The third-order valence-corrected chi connectivity index (χ3v) is 2.48. The van der Waals surface area contributed by atoms with Gasteiger partial charge in [-0.05, 0) is 31.0 Å². The number of halogens is 2. The molecule has 0 heterocycles. The largest absolute Gasteiger partial charge is 0.385 e. The number of benzene rings is 1. The zero-order chi connectivity index (χ0) is 12.5. The Labute approximate surface area is 101 Å². The maximum Gasteiger partial charge on any atom is 0.263 e. The molecule has 2 nitrogen and oxygen atoms in total. The molecule has 0 aliphatic heterocycles. The Morgan fingerprint density at radius 2 is 2.12 bits per heavy atom. The number of rotatable bonds is 8. The number of ether oxygens (including phenoxy) is 1. The molecule has 0 aromatic heterocycles. The summed E-state index contributed by atoms with van der Waals surface area (Å²) in [5, 5.41) is 3.23. The first-order chi connectivity index (χ1) is 8.24. The van der Waals surface area contributed by atoms with E-state index in [2.05, 4.69) is 5.32 Å². The van der Waals surface area contributed by atoms with E-state index in [9.17, 15) is 8.78 Å². The lowest BCUT2D eigenvalue weighted by molar-refractivity contribution is 0.151. The van der Waals surface area contributed by atoms with Gasteiger partial charge in [-0.15, -0.1) is 0 Å². The Balaban J connectivity index is 2.24. The molecule has 1 aromatic rings. The molecule has 0 aliphatic carbocycles. The molecule has 0 saturated carbocycles. The summed E-state index contributed by atoms with van der Waals surface area (Å²) in [4.78, 5) is 0. The van der Waals surface area contributed by atoms with Crippen molar-refractivity contribution in [3.05, 3.63) is 35.4 Å². The van der Waals surface area contributed by atoms with E-state index >= 15 is 0 Å². The van der Waals surface area contributed by atoms with Crippen LogP contribution in [0.1, 0.15) is 30.4 Å². The van der Waals surface area contributed by atoms with Crippen LogP contribution in [0.3, 0.4) is 0 Å². The molecule has 0 atom stereocenters. The lowest BCUT2D eigenvalue weighted by atomic mass is 10.1. The van der Waals surface area contributed by atoms with E-state index in [0.717, 1.165) is 31.6 Å². The van der Waals surface area contributed by atoms with Crippen LogP contribution >= 0.6 is 0 Å². The fourth-order valence-corrected chi connectivity index (χ4v) is 1.57. The molecular formula is C13H19F2NO. The summed E-state index contributed by atoms with van der Waals surface area (Å²) in [6, 6.07) is 6.52. The Hall–Kier alpha value is -1.00. The highest BCUT2D eigenvalue weighted by Gasteiger charge is 2.06. The Bertz CT molecular complexity index is 318. The molecule has 0 amide bonds. The van der Waals surface area contributed by atoms with Crippen molar-refractivity contribution in [2.75, 3.05) is 20.3 Å². The summed E-state index contributed by atoms with van der Waals surface area (Å²) >= 11 is 0. The van der Waals surface area contributed by atoms with Crippen LogP contribution in [-0.2, 0) is 11.3 Å². The van der Waals surface area contributed by atoms with Crippen molar-refractivity contribution in [3.8, 4) is 0 Å². The maximum atomic E-state index is 12.4. The van der Waals surface area contributed by atoms with Gasteiger partial charge < -0.3 is 10.1 Å². The summed E-state index contributed by atoms with van der Waals surface area (Å²) in [6.07, 6.45) is -0.347. The minimum atomic E-state index is -2.39. The van der Waals surface area contributed by atoms with Gasteiger partial charge in [-0.1, -0.05) is 18.2 Å². The topological polar surface area (TPSA) is 21.3 Å². The van der Waals surface area contributed by atoms with E-state index in [1.807, 2.05) is 6.07 Å². The Morgan fingerprint density at radius 3 is 2.82 bits per heavy atom. The smallest absolute Gasteiger partial charge is 0.263 e. The molecule has 96 valence electrons. The van der Waals surface area contributed by atoms with Crippen LogP contribution in [0.15, 0.2) is 24.3 Å². The maximum absolute atomic E-state index is 12.4. The van der Waals surface area contributed by atoms with Gasteiger partial charge in [0.1, 0.15) is 0 Å². The number of hydrogen-bond acceptors (Lipinski definition) is 2. The fourth-order valence-electron chi connectivity index (χ4n) is 1.57. The summed E-state index contributed by atoms with van der Waals surface area (Å²) < 4.78 is 29.8. The van der Waals surface area contributed by atoms with Gasteiger partial charge in [0.15, 0.2) is 0 Å². The van der Waals surface area contributed by atoms with E-state index in [1.165, 1.54) is 6.07 Å². The average molecular weight is 243 g/mol. The van der Waals surface area contributed by atoms with E-state index in [-0.39, 0.29) is 5.56 Å². The molecule has 0 unspecified atom stereocenters. The van der Waals surface area contributed by atoms with Gasteiger partial charge in [0.2, 0.25) is 0 Å². The highest BCUT2D eigenvalue weighted by atomic mass is 19.3. The highest BCUT2D eigenvalue weighted by molar-refractivity contribution is 5.24. The van der Waals surface area contributed by atoms with Gasteiger partial charge >= 0.3 is 0 Å². The quantitative estimate of drug-likeness (QED) is 0.708. The van der Waals surface area contributed by atoms with Crippen molar-refractivity contribution in [3.63, 3.8) is 0 Å². The molecule has 0 fully saturated rings. The zero-order valence-corrected chi connectivity index (χ0v) is 10.1. The SMILES string of the molecule is COCCCCNCc1cccc(C(F)F)c1. The molecule has 0 bridgehead atoms. The molecule has 4 heteroatoms. The van der Waals surface area contributed by atoms with Crippen LogP contribution in [0.4, 0.5) is 8.78 Å². The number of nitrogens with one attached hydrogen (secondary N) is 1. The van der Waals surface area contributed by atoms with Gasteiger partial charge in [-0.3, -0.25) is 0 Å². The van der Waals surface area contributed by atoms with Gasteiger partial charge in [-0.2, -0.15) is 0 Å². The molecule has 0 saturated heterocycles. The number of alkyl halides is 2. The molecule has 1 aromatic carbocycles. The molecule has 17 heavy (non-hydrogen) atoms. The minimum Gasteiger partial charge on any atom is -0.385 e. The predicted octanol–water partition coefficient (Wildman–Crippen LogP) is 3.14. The third kappa shape index (κ3) is 5.75. The van der Waals surface area contributed by atoms with Crippen LogP contribution in [0.2, 0.25) is 0 Å². The molecule has 0 spiro atoms. The van der Waals surface area contributed by atoms with Crippen molar-refractivity contribution in [2.24, 2.45) is 0 Å². The van der Waals surface area contributed by atoms with Crippen molar-refractivity contribution < 1.29 is 13.5 Å². The van der Waals surface area contributed by atoms with Crippen molar-refractivity contribution >= 4 is 0 Å². The molecule has 1 rings (SSSR count). The van der Waals surface area contributed by atoms with Crippen molar-refractivity contribution in [1.82, 2.24) is 5.32 Å². The van der Waals surface area contributed by atoms with Crippen molar-refractivity contribution in [1.29, 1.82) is 0 Å². The minimum absolute atomic E-state index is 0.0867. The van der Waals surface area contributed by atoms with Crippen LogP contribution in [0.5, 0.6) is 0 Å². The van der Waals surface area contributed by atoms with Crippen molar-refractivity contribution in [2.45, 2.75) is 25.8 Å². The second kappa shape index (κ2) is 8.14. The van der Waals surface area contributed by atoms with Gasteiger partial charge in [0.05, 0.1) is 0 Å². The number of methoxy groups -OCH3 is 1. The molecule has 1 N–H and O–H groups in total. The predicted molar refractivity (Wildman–Crippen MR) is 64.2 cm³/mol. The second-order valence-corrected chi connectivity index (χ2v) is 3.92. The first-order valence-electron chi connectivity index (χ1n) is 5.80. The van der Waals surface area contributed by atoms with E-state index in [4.69, 9.17) is 4.74 Å². The summed E-state index contributed by atoms with van der Waals surface area (Å²) in [7, 11) is 1.68. The van der Waals surface area contributed by atoms with Gasteiger partial charge in [0.25, 0.3) is 6.43 Å². The Morgan fingerprint density at radius 1 is 1.29 bits per heavy atom. The van der Waals surface area contributed by atoms with E-state index in [1.54, 1.807) is 19.2 Å². The van der Waals surface area contributed by atoms with Gasteiger partial charge in [0, 0.05) is 25.8 Å². The molecule has 0 aliphatic rings. The van der Waals surface area contributed by atoms with Crippen LogP contribution < -0.4 is 5.32 Å². The summed E-state index contributed by atoms with van der Waals surface area (Å²) in [5.74, 6) is 0. The second-order valence-electron chi connectivity index (χ2n) is 3.92. The fraction of sp³-hybridized carbons (Fsp3) is 0.538. The highest BCUT2D eigenvalue weighted by Crippen LogP contribution is 2.19. The van der Waals surface area contributed by atoms with Crippen LogP contribution in [0.25, 0.3) is 0 Å². The van der Waals surface area contributed by atoms with Crippen LogP contribution in [-0.4, -0.2) is 20.3 Å². The Kier molecular flexibility index (Phi) is 6.74. The molecular weight excluding hydrogens is 224 g/mol. The zero-order valence-electron chi connectivity index (χ0n) is 10.1. The first kappa shape index (κ1) is 14.1. The lowest BCUT2D eigenvalue weighted by Gasteiger charge is -2.06. The van der Waals surface area contributed by atoms with E-state index < -0.39 is 6.43 Å².